The lowest BCUT2D eigenvalue weighted by Gasteiger charge is -2.29. The Bertz CT molecular complexity index is 671. The summed E-state index contributed by atoms with van der Waals surface area (Å²) in [4.78, 5) is 15.6. The first kappa shape index (κ1) is 16.4. The van der Waals surface area contributed by atoms with Gasteiger partial charge in [0.1, 0.15) is 0 Å². The summed E-state index contributed by atoms with van der Waals surface area (Å²) in [5.74, 6) is 1.23. The molecule has 0 unspecified atom stereocenters. The van der Waals surface area contributed by atoms with Crippen LogP contribution in [-0.2, 0) is 17.8 Å². The molecule has 0 radical (unpaired) electrons. The lowest BCUT2D eigenvalue weighted by molar-refractivity contribution is -0.132. The largest absolute Gasteiger partial charge is 0.338 e. The highest BCUT2D eigenvalue weighted by molar-refractivity contribution is 7.99. The second-order valence-electron chi connectivity index (χ2n) is 5.74. The Morgan fingerprint density at radius 1 is 1.09 bits per heavy atom. The fourth-order valence-corrected chi connectivity index (χ4v) is 3.79. The molecule has 0 saturated heterocycles. The van der Waals surface area contributed by atoms with E-state index in [2.05, 4.69) is 24.3 Å². The van der Waals surface area contributed by atoms with Crippen LogP contribution in [0.5, 0.6) is 0 Å². The van der Waals surface area contributed by atoms with E-state index in [0.717, 1.165) is 36.7 Å². The molecule has 1 aliphatic heterocycles. The van der Waals surface area contributed by atoms with Gasteiger partial charge in [-0.15, -0.1) is 11.8 Å². The number of nitrogens with zero attached hydrogens (tertiary/aromatic N) is 1. The fourth-order valence-electron chi connectivity index (χ4n) is 2.81. The van der Waals surface area contributed by atoms with Crippen molar-refractivity contribution in [1.82, 2.24) is 4.90 Å². The first-order valence-electron chi connectivity index (χ1n) is 7.95. The first-order valence-corrected chi connectivity index (χ1v) is 9.31. The molecular weight excluding hydrogens is 326 g/mol. The Morgan fingerprint density at radius 2 is 1.83 bits per heavy atom. The molecule has 3 rings (SSSR count). The number of fused-ring (bicyclic) bond motifs is 1. The SMILES string of the molecule is O=C(CCCSc1ccc(Cl)cc1)N1CCc2ccccc2C1. The highest BCUT2D eigenvalue weighted by Gasteiger charge is 2.19. The van der Waals surface area contributed by atoms with Gasteiger partial charge in [0.25, 0.3) is 0 Å². The van der Waals surface area contributed by atoms with Gasteiger partial charge in [-0.25, -0.2) is 0 Å². The molecule has 120 valence electrons. The van der Waals surface area contributed by atoms with E-state index >= 15 is 0 Å². The van der Waals surface area contributed by atoms with Crippen LogP contribution in [0.1, 0.15) is 24.0 Å². The van der Waals surface area contributed by atoms with Gasteiger partial charge in [-0.3, -0.25) is 4.79 Å². The van der Waals surface area contributed by atoms with Crippen LogP contribution in [0.25, 0.3) is 0 Å². The van der Waals surface area contributed by atoms with E-state index in [-0.39, 0.29) is 5.91 Å². The van der Waals surface area contributed by atoms with Gasteiger partial charge in [0.15, 0.2) is 0 Å². The molecular formula is C19H20ClNOS. The molecule has 4 heteroatoms. The number of amides is 1. The Kier molecular flexibility index (Phi) is 5.63. The number of carbonyl (C=O) groups excluding carboxylic acids is 1. The summed E-state index contributed by atoms with van der Waals surface area (Å²) in [6.45, 7) is 1.61. The van der Waals surface area contributed by atoms with Crippen LogP contribution < -0.4 is 0 Å². The normalized spacial score (nSPS) is 13.7. The number of thioether (sulfide) groups is 1. The van der Waals surface area contributed by atoms with Gasteiger partial charge < -0.3 is 4.90 Å². The van der Waals surface area contributed by atoms with Crippen LogP contribution in [0.4, 0.5) is 0 Å². The molecule has 1 aliphatic rings. The number of hydrogen-bond donors (Lipinski definition) is 0. The zero-order valence-electron chi connectivity index (χ0n) is 13.0. The van der Waals surface area contributed by atoms with Gasteiger partial charge in [0.05, 0.1) is 0 Å². The van der Waals surface area contributed by atoms with E-state index < -0.39 is 0 Å². The standard InChI is InChI=1S/C19H20ClNOS/c20-17-7-9-18(10-8-17)23-13-3-6-19(22)21-12-11-15-4-1-2-5-16(15)14-21/h1-2,4-5,7-10H,3,6,11-14H2. The van der Waals surface area contributed by atoms with Gasteiger partial charge in [-0.1, -0.05) is 35.9 Å². The van der Waals surface area contributed by atoms with Gasteiger partial charge in [-0.05, 0) is 54.0 Å². The average molecular weight is 346 g/mol. The molecule has 23 heavy (non-hydrogen) atoms. The van der Waals surface area contributed by atoms with Crippen molar-refractivity contribution < 1.29 is 4.79 Å². The summed E-state index contributed by atoms with van der Waals surface area (Å²) in [7, 11) is 0. The molecule has 0 fully saturated rings. The highest BCUT2D eigenvalue weighted by Crippen LogP contribution is 2.22. The molecule has 1 amide bonds. The molecule has 0 aromatic heterocycles. The molecule has 0 N–H and O–H groups in total. The Hall–Kier alpha value is -1.45. The number of carbonyl (C=O) groups is 1. The molecule has 1 heterocycles. The maximum Gasteiger partial charge on any atom is 0.222 e. The van der Waals surface area contributed by atoms with Crippen molar-refractivity contribution in [2.75, 3.05) is 12.3 Å². The van der Waals surface area contributed by atoms with Gasteiger partial charge in [0, 0.05) is 29.4 Å². The second kappa shape index (κ2) is 7.89. The minimum absolute atomic E-state index is 0.274. The lowest BCUT2D eigenvalue weighted by Crippen LogP contribution is -2.35. The zero-order chi connectivity index (χ0) is 16.1. The monoisotopic (exact) mass is 345 g/mol. The summed E-state index contributed by atoms with van der Waals surface area (Å²) in [6.07, 6.45) is 2.51. The molecule has 2 aromatic carbocycles. The number of benzene rings is 2. The third-order valence-electron chi connectivity index (χ3n) is 4.10. The summed E-state index contributed by atoms with van der Waals surface area (Å²) in [6, 6.07) is 16.3. The van der Waals surface area contributed by atoms with Crippen LogP contribution in [0.2, 0.25) is 5.02 Å². The van der Waals surface area contributed by atoms with Crippen molar-refractivity contribution >= 4 is 29.3 Å². The minimum atomic E-state index is 0.274. The maximum absolute atomic E-state index is 12.4. The van der Waals surface area contributed by atoms with Crippen molar-refractivity contribution in [3.8, 4) is 0 Å². The molecule has 0 aliphatic carbocycles. The van der Waals surface area contributed by atoms with Crippen LogP contribution in [0, 0.1) is 0 Å². The lowest BCUT2D eigenvalue weighted by atomic mass is 10.00. The van der Waals surface area contributed by atoms with E-state index in [1.165, 1.54) is 16.0 Å². The summed E-state index contributed by atoms with van der Waals surface area (Å²) in [5, 5.41) is 0.759. The molecule has 0 bridgehead atoms. The molecule has 2 aromatic rings. The maximum atomic E-state index is 12.4. The van der Waals surface area contributed by atoms with Gasteiger partial charge in [-0.2, -0.15) is 0 Å². The van der Waals surface area contributed by atoms with Crippen LogP contribution >= 0.6 is 23.4 Å². The van der Waals surface area contributed by atoms with Crippen molar-refractivity contribution in [3.63, 3.8) is 0 Å². The third kappa shape index (κ3) is 4.52. The van der Waals surface area contributed by atoms with Crippen LogP contribution in [0.15, 0.2) is 53.4 Å². The molecule has 0 atom stereocenters. The second-order valence-corrected chi connectivity index (χ2v) is 7.34. The fraction of sp³-hybridized carbons (Fsp3) is 0.316. The van der Waals surface area contributed by atoms with Crippen molar-refractivity contribution in [3.05, 3.63) is 64.7 Å². The van der Waals surface area contributed by atoms with Crippen LogP contribution in [-0.4, -0.2) is 23.1 Å². The zero-order valence-corrected chi connectivity index (χ0v) is 14.6. The Morgan fingerprint density at radius 3 is 2.61 bits per heavy atom. The van der Waals surface area contributed by atoms with E-state index in [0.29, 0.717) is 6.42 Å². The Balaban J connectivity index is 1.42. The smallest absolute Gasteiger partial charge is 0.222 e. The number of hydrogen-bond acceptors (Lipinski definition) is 2. The van der Waals surface area contributed by atoms with Gasteiger partial charge in [0.2, 0.25) is 5.91 Å². The molecule has 2 nitrogen and oxygen atoms in total. The van der Waals surface area contributed by atoms with E-state index in [9.17, 15) is 4.79 Å². The molecule has 0 spiro atoms. The average Bonchev–Trinajstić information content (AvgIpc) is 2.59. The number of halogens is 1. The minimum Gasteiger partial charge on any atom is -0.338 e. The summed E-state index contributed by atoms with van der Waals surface area (Å²) < 4.78 is 0. The number of rotatable bonds is 5. The van der Waals surface area contributed by atoms with Crippen molar-refractivity contribution in [2.24, 2.45) is 0 Å². The summed E-state index contributed by atoms with van der Waals surface area (Å²) in [5.41, 5.74) is 2.68. The predicted molar refractivity (Wildman–Crippen MR) is 97.0 cm³/mol. The van der Waals surface area contributed by atoms with Crippen LogP contribution in [0.3, 0.4) is 0 Å². The van der Waals surface area contributed by atoms with E-state index in [4.69, 9.17) is 11.6 Å². The predicted octanol–water partition coefficient (Wildman–Crippen LogP) is 4.80. The third-order valence-corrected chi connectivity index (χ3v) is 5.45. The Labute approximate surface area is 146 Å². The van der Waals surface area contributed by atoms with Gasteiger partial charge >= 0.3 is 0 Å². The first-order chi connectivity index (χ1) is 11.2. The highest BCUT2D eigenvalue weighted by atomic mass is 35.5. The van der Waals surface area contributed by atoms with E-state index in [1.807, 2.05) is 29.2 Å². The van der Waals surface area contributed by atoms with Crippen molar-refractivity contribution in [2.45, 2.75) is 30.7 Å². The quantitative estimate of drug-likeness (QED) is 0.573. The van der Waals surface area contributed by atoms with E-state index in [1.54, 1.807) is 11.8 Å². The molecule has 0 saturated carbocycles. The summed E-state index contributed by atoms with van der Waals surface area (Å²) >= 11 is 7.65. The van der Waals surface area contributed by atoms with Crippen molar-refractivity contribution in [1.29, 1.82) is 0 Å². The topological polar surface area (TPSA) is 20.3 Å².